The van der Waals surface area contributed by atoms with Crippen LogP contribution in [0.4, 0.5) is 4.39 Å². The Bertz CT molecular complexity index is 866. The molecule has 0 saturated carbocycles. The Balaban J connectivity index is 1.57. The van der Waals surface area contributed by atoms with Gasteiger partial charge in [-0.25, -0.2) is 4.39 Å². The molecule has 2 amide bonds. The van der Waals surface area contributed by atoms with Gasteiger partial charge < -0.3 is 15.1 Å². The number of nitrogens with one attached hydrogen (secondary N) is 1. The van der Waals surface area contributed by atoms with Gasteiger partial charge in [-0.15, -0.1) is 11.3 Å². The zero-order chi connectivity index (χ0) is 18.3. The number of nitrogens with zero attached hydrogens (tertiary/aromatic N) is 2. The zero-order valence-corrected chi connectivity index (χ0v) is 15.6. The summed E-state index contributed by atoms with van der Waals surface area (Å²) < 4.78 is 14.9. The maximum atomic E-state index is 14.1. The SMILES string of the molecule is Cc1c(C(=O)N2CCCC(N3CCNCC3=O)C2)sc2cccc(F)c12. The summed E-state index contributed by atoms with van der Waals surface area (Å²) >= 11 is 1.36. The van der Waals surface area contributed by atoms with Crippen molar-refractivity contribution >= 4 is 33.2 Å². The minimum absolute atomic E-state index is 0.0459. The molecule has 2 aliphatic rings. The molecule has 2 aliphatic heterocycles. The molecule has 26 heavy (non-hydrogen) atoms. The molecule has 2 aromatic rings. The number of benzene rings is 1. The van der Waals surface area contributed by atoms with Crippen LogP contribution in [-0.4, -0.2) is 60.4 Å². The third-order valence-corrected chi connectivity index (χ3v) is 6.59. The largest absolute Gasteiger partial charge is 0.336 e. The number of hydrogen-bond acceptors (Lipinski definition) is 4. The van der Waals surface area contributed by atoms with Crippen LogP contribution >= 0.6 is 11.3 Å². The molecule has 4 rings (SSSR count). The van der Waals surface area contributed by atoms with Gasteiger partial charge in [0, 0.05) is 42.3 Å². The van der Waals surface area contributed by atoms with Gasteiger partial charge in [-0.1, -0.05) is 6.07 Å². The summed E-state index contributed by atoms with van der Waals surface area (Å²) in [4.78, 5) is 29.6. The molecule has 2 saturated heterocycles. The van der Waals surface area contributed by atoms with Crippen LogP contribution in [-0.2, 0) is 4.79 Å². The van der Waals surface area contributed by atoms with Crippen LogP contribution in [0.3, 0.4) is 0 Å². The van der Waals surface area contributed by atoms with Crippen LogP contribution in [0.2, 0.25) is 0 Å². The molecular formula is C19H22FN3O2S. The first-order valence-corrected chi connectivity index (χ1v) is 9.85. The van der Waals surface area contributed by atoms with E-state index in [4.69, 9.17) is 0 Å². The summed E-state index contributed by atoms with van der Waals surface area (Å²) in [5, 5.41) is 3.63. The summed E-state index contributed by atoms with van der Waals surface area (Å²) in [6.07, 6.45) is 1.81. The van der Waals surface area contributed by atoms with E-state index in [1.165, 1.54) is 17.4 Å². The number of aryl methyl sites for hydroxylation is 1. The van der Waals surface area contributed by atoms with Crippen LogP contribution in [0.25, 0.3) is 10.1 Å². The van der Waals surface area contributed by atoms with E-state index >= 15 is 0 Å². The van der Waals surface area contributed by atoms with Crippen molar-refractivity contribution in [1.29, 1.82) is 0 Å². The summed E-state index contributed by atoms with van der Waals surface area (Å²) in [6.45, 7) is 4.92. The number of halogens is 1. The van der Waals surface area contributed by atoms with Crippen molar-refractivity contribution in [3.05, 3.63) is 34.5 Å². The number of fused-ring (bicyclic) bond motifs is 1. The lowest BCUT2D eigenvalue weighted by atomic mass is 10.0. The van der Waals surface area contributed by atoms with Gasteiger partial charge in [0.1, 0.15) is 5.82 Å². The Morgan fingerprint density at radius 1 is 1.35 bits per heavy atom. The fraction of sp³-hybridized carbons (Fsp3) is 0.474. The summed E-state index contributed by atoms with van der Waals surface area (Å²) in [5.41, 5.74) is 0.716. The Kier molecular flexibility index (Phi) is 4.67. The second-order valence-electron chi connectivity index (χ2n) is 6.98. The lowest BCUT2D eigenvalue weighted by Gasteiger charge is -2.41. The molecule has 1 atom stereocenters. The van der Waals surface area contributed by atoms with Crippen molar-refractivity contribution in [1.82, 2.24) is 15.1 Å². The highest BCUT2D eigenvalue weighted by molar-refractivity contribution is 7.21. The Morgan fingerprint density at radius 2 is 2.19 bits per heavy atom. The van der Waals surface area contributed by atoms with Gasteiger partial charge in [-0.3, -0.25) is 9.59 Å². The van der Waals surface area contributed by atoms with Crippen molar-refractivity contribution in [2.45, 2.75) is 25.8 Å². The summed E-state index contributed by atoms with van der Waals surface area (Å²) in [5.74, 6) is -0.218. The molecule has 1 aromatic heterocycles. The van der Waals surface area contributed by atoms with E-state index < -0.39 is 0 Å². The fourth-order valence-corrected chi connectivity index (χ4v) is 5.19. The number of piperidine rings is 1. The molecule has 138 valence electrons. The molecule has 1 N–H and O–H groups in total. The first-order valence-electron chi connectivity index (χ1n) is 9.03. The van der Waals surface area contributed by atoms with Crippen molar-refractivity contribution in [2.75, 3.05) is 32.7 Å². The third kappa shape index (κ3) is 2.99. The molecule has 1 aromatic carbocycles. The molecule has 0 radical (unpaired) electrons. The number of carbonyl (C=O) groups is 2. The minimum Gasteiger partial charge on any atom is -0.336 e. The number of amides is 2. The molecule has 0 bridgehead atoms. The topological polar surface area (TPSA) is 52.7 Å². The van der Waals surface area contributed by atoms with E-state index in [2.05, 4.69) is 5.32 Å². The molecule has 0 aliphatic carbocycles. The van der Waals surface area contributed by atoms with Gasteiger partial charge in [0.25, 0.3) is 5.91 Å². The lowest BCUT2D eigenvalue weighted by molar-refractivity contribution is -0.135. The van der Waals surface area contributed by atoms with Crippen LogP contribution in [0.1, 0.15) is 28.1 Å². The zero-order valence-electron chi connectivity index (χ0n) is 14.8. The molecule has 3 heterocycles. The van der Waals surface area contributed by atoms with Gasteiger partial charge in [0.05, 0.1) is 11.4 Å². The molecular weight excluding hydrogens is 353 g/mol. The monoisotopic (exact) mass is 375 g/mol. The van der Waals surface area contributed by atoms with Crippen molar-refractivity contribution in [3.8, 4) is 0 Å². The summed E-state index contributed by atoms with van der Waals surface area (Å²) in [7, 11) is 0. The Morgan fingerprint density at radius 3 is 2.96 bits per heavy atom. The van der Waals surface area contributed by atoms with E-state index in [1.54, 1.807) is 6.07 Å². The van der Waals surface area contributed by atoms with Crippen LogP contribution < -0.4 is 5.32 Å². The molecule has 1 unspecified atom stereocenters. The lowest BCUT2D eigenvalue weighted by Crippen LogP contribution is -2.57. The maximum Gasteiger partial charge on any atom is 0.264 e. The van der Waals surface area contributed by atoms with Crippen LogP contribution in [0.5, 0.6) is 0 Å². The highest BCUT2D eigenvalue weighted by atomic mass is 32.1. The Hall–Kier alpha value is -1.99. The first kappa shape index (κ1) is 17.4. The predicted octanol–water partition coefficient (Wildman–Crippen LogP) is 2.39. The van der Waals surface area contributed by atoms with Crippen molar-refractivity contribution < 1.29 is 14.0 Å². The van der Waals surface area contributed by atoms with Gasteiger partial charge in [-0.2, -0.15) is 0 Å². The van der Waals surface area contributed by atoms with Crippen molar-refractivity contribution in [2.24, 2.45) is 0 Å². The van der Waals surface area contributed by atoms with Gasteiger partial charge >= 0.3 is 0 Å². The predicted molar refractivity (Wildman–Crippen MR) is 100 cm³/mol. The van der Waals surface area contributed by atoms with Crippen LogP contribution in [0.15, 0.2) is 18.2 Å². The number of thiophene rings is 1. The number of likely N-dealkylation sites (tertiary alicyclic amines) is 1. The number of piperazine rings is 1. The van der Waals surface area contributed by atoms with E-state index in [0.717, 1.165) is 24.1 Å². The average molecular weight is 375 g/mol. The smallest absolute Gasteiger partial charge is 0.264 e. The summed E-state index contributed by atoms with van der Waals surface area (Å²) in [6, 6.07) is 5.04. The molecule has 0 spiro atoms. The molecule has 2 fully saturated rings. The van der Waals surface area contributed by atoms with E-state index in [0.29, 0.717) is 42.0 Å². The quantitative estimate of drug-likeness (QED) is 0.877. The van der Waals surface area contributed by atoms with Gasteiger partial charge in [0.2, 0.25) is 5.91 Å². The van der Waals surface area contributed by atoms with Crippen molar-refractivity contribution in [3.63, 3.8) is 0 Å². The minimum atomic E-state index is -0.279. The number of rotatable bonds is 2. The first-order chi connectivity index (χ1) is 12.6. The molecule has 7 heteroatoms. The second kappa shape index (κ2) is 6.96. The third-order valence-electron chi connectivity index (χ3n) is 5.35. The van der Waals surface area contributed by atoms with Crippen LogP contribution in [0, 0.1) is 12.7 Å². The highest BCUT2D eigenvalue weighted by Crippen LogP contribution is 2.34. The standard InChI is InChI=1S/C19H22FN3O2S/c1-12-17-14(20)5-2-6-15(17)26-18(12)19(25)22-8-3-4-13(11-22)23-9-7-21-10-16(23)24/h2,5-6,13,21H,3-4,7-11H2,1H3. The number of hydrogen-bond donors (Lipinski definition) is 1. The van der Waals surface area contributed by atoms with Gasteiger partial charge in [0.15, 0.2) is 0 Å². The maximum absolute atomic E-state index is 14.1. The van der Waals surface area contributed by atoms with Gasteiger partial charge in [-0.05, 0) is 37.5 Å². The average Bonchev–Trinajstić information content (AvgIpc) is 2.99. The van der Waals surface area contributed by atoms with E-state index in [1.807, 2.05) is 22.8 Å². The normalized spacial score (nSPS) is 21.5. The molecule has 5 nitrogen and oxygen atoms in total. The fourth-order valence-electron chi connectivity index (χ4n) is 4.00. The Labute approximate surface area is 155 Å². The number of carbonyl (C=O) groups excluding carboxylic acids is 2. The van der Waals surface area contributed by atoms with E-state index in [-0.39, 0.29) is 23.7 Å². The van der Waals surface area contributed by atoms with E-state index in [9.17, 15) is 14.0 Å². The highest BCUT2D eigenvalue weighted by Gasteiger charge is 2.33. The second-order valence-corrected chi connectivity index (χ2v) is 8.03.